The summed E-state index contributed by atoms with van der Waals surface area (Å²) in [5.41, 5.74) is 0. The summed E-state index contributed by atoms with van der Waals surface area (Å²) in [6, 6.07) is 1.10. The van der Waals surface area contributed by atoms with Gasteiger partial charge in [0.1, 0.15) is 12.4 Å². The summed E-state index contributed by atoms with van der Waals surface area (Å²) >= 11 is 0. The van der Waals surface area contributed by atoms with Crippen LogP contribution in [0.3, 0.4) is 0 Å². The molecule has 2 N–H and O–H groups in total. The molecule has 27 heavy (non-hydrogen) atoms. The highest BCUT2D eigenvalue weighted by Gasteiger charge is 2.25. The molecule has 1 aromatic heterocycles. The maximum absolute atomic E-state index is 4.85. The summed E-state index contributed by atoms with van der Waals surface area (Å²) in [5.74, 6) is 4.50. The summed E-state index contributed by atoms with van der Waals surface area (Å²) < 4.78 is 2.02. The van der Waals surface area contributed by atoms with Crippen LogP contribution in [0.4, 0.5) is 0 Å². The summed E-state index contributed by atoms with van der Waals surface area (Å²) in [5, 5.41) is 15.8. The lowest BCUT2D eigenvalue weighted by Crippen LogP contribution is -2.48. The van der Waals surface area contributed by atoms with Crippen molar-refractivity contribution in [1.82, 2.24) is 25.4 Å². The molecule has 2 fully saturated rings. The first-order valence-corrected chi connectivity index (χ1v) is 10.4. The Morgan fingerprint density at radius 1 is 1.04 bits per heavy atom. The molecule has 2 aliphatic rings. The molecule has 3 rings (SSSR count). The van der Waals surface area contributed by atoms with Gasteiger partial charge in [0.25, 0.3) is 0 Å². The van der Waals surface area contributed by atoms with Gasteiger partial charge in [0, 0.05) is 19.1 Å². The Morgan fingerprint density at radius 2 is 1.63 bits per heavy atom. The SMILES string of the molecule is Cc1nnc(CN=C(NC2CCCC2)NC2CCC(C(C)C)CC2)n1C.I. The molecular weight excluding hydrogens is 451 g/mol. The summed E-state index contributed by atoms with van der Waals surface area (Å²) in [6.45, 7) is 7.26. The van der Waals surface area contributed by atoms with Crippen LogP contribution in [0.5, 0.6) is 0 Å². The van der Waals surface area contributed by atoms with Gasteiger partial charge in [-0.05, 0) is 57.3 Å². The number of rotatable bonds is 5. The highest BCUT2D eigenvalue weighted by Crippen LogP contribution is 2.29. The lowest BCUT2D eigenvalue weighted by atomic mass is 9.80. The van der Waals surface area contributed by atoms with Crippen molar-refractivity contribution in [1.29, 1.82) is 0 Å². The van der Waals surface area contributed by atoms with Gasteiger partial charge in [0.2, 0.25) is 0 Å². The number of aromatic nitrogens is 3. The van der Waals surface area contributed by atoms with E-state index in [1.165, 1.54) is 51.4 Å². The molecule has 1 heterocycles. The molecule has 0 unspecified atom stereocenters. The van der Waals surface area contributed by atoms with Crippen LogP contribution < -0.4 is 10.6 Å². The third-order valence-electron chi connectivity index (χ3n) is 6.31. The highest BCUT2D eigenvalue weighted by atomic mass is 127. The minimum absolute atomic E-state index is 0. The minimum Gasteiger partial charge on any atom is -0.354 e. The molecule has 0 aromatic carbocycles. The Morgan fingerprint density at radius 3 is 2.15 bits per heavy atom. The topological polar surface area (TPSA) is 67.1 Å². The standard InChI is InChI=1S/C20H36N6.HI/c1-14(2)16-9-11-18(12-10-16)23-20(22-17-7-5-6-8-17)21-13-19-25-24-15(3)26(19)4;/h14,16-18H,5-13H2,1-4H3,(H2,21,22,23);1H. The molecule has 154 valence electrons. The van der Waals surface area contributed by atoms with Gasteiger partial charge in [-0.2, -0.15) is 0 Å². The molecule has 0 amide bonds. The third kappa shape index (κ3) is 6.32. The zero-order valence-corrected chi connectivity index (χ0v) is 19.7. The van der Waals surface area contributed by atoms with Crippen LogP contribution in [0.25, 0.3) is 0 Å². The van der Waals surface area contributed by atoms with E-state index in [0.29, 0.717) is 18.6 Å². The van der Waals surface area contributed by atoms with E-state index in [4.69, 9.17) is 4.99 Å². The van der Waals surface area contributed by atoms with Crippen LogP contribution in [0, 0.1) is 18.8 Å². The second-order valence-corrected chi connectivity index (χ2v) is 8.51. The second-order valence-electron chi connectivity index (χ2n) is 8.51. The van der Waals surface area contributed by atoms with Gasteiger partial charge in [-0.25, -0.2) is 4.99 Å². The van der Waals surface area contributed by atoms with Gasteiger partial charge >= 0.3 is 0 Å². The first-order chi connectivity index (χ1) is 12.5. The number of aryl methyl sites for hydroxylation is 1. The highest BCUT2D eigenvalue weighted by molar-refractivity contribution is 14.0. The fourth-order valence-corrected chi connectivity index (χ4v) is 4.26. The van der Waals surface area contributed by atoms with Crippen molar-refractivity contribution in [2.45, 2.75) is 90.8 Å². The smallest absolute Gasteiger partial charge is 0.192 e. The normalized spacial score (nSPS) is 24.1. The maximum Gasteiger partial charge on any atom is 0.192 e. The van der Waals surface area contributed by atoms with E-state index in [2.05, 4.69) is 34.7 Å². The molecule has 0 atom stereocenters. The van der Waals surface area contributed by atoms with Crippen molar-refractivity contribution in [2.24, 2.45) is 23.9 Å². The molecule has 2 aliphatic carbocycles. The van der Waals surface area contributed by atoms with E-state index in [1.54, 1.807) is 0 Å². The largest absolute Gasteiger partial charge is 0.354 e. The fourth-order valence-electron chi connectivity index (χ4n) is 4.26. The Kier molecular flexibility index (Phi) is 8.82. The molecule has 0 saturated heterocycles. The van der Waals surface area contributed by atoms with Crippen molar-refractivity contribution in [3.63, 3.8) is 0 Å². The second kappa shape index (κ2) is 10.6. The quantitative estimate of drug-likeness (QED) is 0.375. The van der Waals surface area contributed by atoms with Crippen LogP contribution in [0.15, 0.2) is 4.99 Å². The zero-order chi connectivity index (χ0) is 18.5. The van der Waals surface area contributed by atoms with Crippen LogP contribution in [0.2, 0.25) is 0 Å². The monoisotopic (exact) mass is 488 g/mol. The Balaban J connectivity index is 0.00000261. The van der Waals surface area contributed by atoms with E-state index in [9.17, 15) is 0 Å². The molecule has 1 aromatic rings. The summed E-state index contributed by atoms with van der Waals surface area (Å²) in [6.07, 6.45) is 10.3. The van der Waals surface area contributed by atoms with E-state index in [1.807, 2.05) is 18.5 Å². The molecular formula is C20H37IN6. The Bertz CT molecular complexity index is 598. The number of halogens is 1. The van der Waals surface area contributed by atoms with Crippen molar-refractivity contribution in [2.75, 3.05) is 0 Å². The van der Waals surface area contributed by atoms with Crippen LogP contribution in [0.1, 0.15) is 76.9 Å². The lowest BCUT2D eigenvalue weighted by molar-refractivity contribution is 0.249. The number of hydrogen-bond donors (Lipinski definition) is 2. The van der Waals surface area contributed by atoms with Crippen molar-refractivity contribution in [3.8, 4) is 0 Å². The van der Waals surface area contributed by atoms with Gasteiger partial charge in [-0.15, -0.1) is 34.2 Å². The number of nitrogens with one attached hydrogen (secondary N) is 2. The number of guanidine groups is 1. The predicted octanol–water partition coefficient (Wildman–Crippen LogP) is 3.93. The van der Waals surface area contributed by atoms with E-state index in [-0.39, 0.29) is 24.0 Å². The number of aliphatic imine (C=N–C) groups is 1. The van der Waals surface area contributed by atoms with Crippen molar-refractivity contribution in [3.05, 3.63) is 11.6 Å². The average molecular weight is 488 g/mol. The fraction of sp³-hybridized carbons (Fsp3) is 0.850. The molecule has 0 spiro atoms. The Labute approximate surface area is 181 Å². The summed E-state index contributed by atoms with van der Waals surface area (Å²) in [7, 11) is 2.00. The predicted molar refractivity (Wildman–Crippen MR) is 121 cm³/mol. The number of hydrogen-bond acceptors (Lipinski definition) is 3. The van der Waals surface area contributed by atoms with Crippen molar-refractivity contribution >= 4 is 29.9 Å². The van der Waals surface area contributed by atoms with E-state index in [0.717, 1.165) is 29.4 Å². The molecule has 6 nitrogen and oxygen atoms in total. The summed E-state index contributed by atoms with van der Waals surface area (Å²) in [4.78, 5) is 4.85. The third-order valence-corrected chi connectivity index (χ3v) is 6.31. The van der Waals surface area contributed by atoms with Gasteiger partial charge in [0.05, 0.1) is 0 Å². The van der Waals surface area contributed by atoms with Crippen LogP contribution in [-0.2, 0) is 13.6 Å². The molecule has 0 radical (unpaired) electrons. The van der Waals surface area contributed by atoms with Crippen molar-refractivity contribution < 1.29 is 0 Å². The van der Waals surface area contributed by atoms with Gasteiger partial charge in [0.15, 0.2) is 11.8 Å². The van der Waals surface area contributed by atoms with Gasteiger partial charge < -0.3 is 15.2 Å². The molecule has 7 heteroatoms. The molecule has 0 aliphatic heterocycles. The zero-order valence-electron chi connectivity index (χ0n) is 17.4. The first kappa shape index (κ1) is 22.4. The lowest BCUT2D eigenvalue weighted by Gasteiger charge is -2.32. The minimum atomic E-state index is 0. The van der Waals surface area contributed by atoms with Gasteiger partial charge in [-0.3, -0.25) is 0 Å². The maximum atomic E-state index is 4.85. The van der Waals surface area contributed by atoms with E-state index >= 15 is 0 Å². The number of nitrogens with zero attached hydrogens (tertiary/aromatic N) is 4. The van der Waals surface area contributed by atoms with Crippen LogP contribution >= 0.6 is 24.0 Å². The Hall–Kier alpha value is -0.860. The average Bonchev–Trinajstić information content (AvgIpc) is 3.24. The van der Waals surface area contributed by atoms with Crippen LogP contribution in [-0.4, -0.2) is 32.8 Å². The van der Waals surface area contributed by atoms with Gasteiger partial charge in [-0.1, -0.05) is 26.7 Å². The molecule has 0 bridgehead atoms. The first-order valence-electron chi connectivity index (χ1n) is 10.4. The van der Waals surface area contributed by atoms with E-state index < -0.39 is 0 Å². The molecule has 2 saturated carbocycles.